The van der Waals surface area contributed by atoms with Crippen LogP contribution in [0.2, 0.25) is 0 Å². The van der Waals surface area contributed by atoms with Crippen LogP contribution in [-0.2, 0) is 11.3 Å². The number of carbonyl (C=O) groups excluding carboxylic acids is 1. The predicted molar refractivity (Wildman–Crippen MR) is 104 cm³/mol. The van der Waals surface area contributed by atoms with Gasteiger partial charge in [0.1, 0.15) is 4.32 Å². The molecule has 2 nitrogen and oxygen atoms in total. The zero-order chi connectivity index (χ0) is 16.4. The van der Waals surface area contributed by atoms with E-state index in [2.05, 4.69) is 15.9 Å². The molecule has 5 heteroatoms. The third kappa shape index (κ3) is 3.91. The quantitative estimate of drug-likeness (QED) is 0.521. The van der Waals surface area contributed by atoms with Crippen molar-refractivity contribution in [3.8, 4) is 0 Å². The smallest absolute Gasteiger partial charge is 0.266 e. The van der Waals surface area contributed by atoms with Gasteiger partial charge < -0.3 is 0 Å². The summed E-state index contributed by atoms with van der Waals surface area (Å²) in [5, 5.41) is 0. The van der Waals surface area contributed by atoms with Gasteiger partial charge >= 0.3 is 0 Å². The highest BCUT2D eigenvalue weighted by Crippen LogP contribution is 2.33. The molecule has 0 spiro atoms. The number of rotatable bonds is 3. The molecule has 0 N–H and O–H groups in total. The molecule has 2 aromatic carbocycles. The second-order valence-electron chi connectivity index (χ2n) is 5.31. The molecule has 2 aromatic rings. The summed E-state index contributed by atoms with van der Waals surface area (Å²) in [7, 11) is 0. The Morgan fingerprint density at radius 3 is 2.65 bits per heavy atom. The molecule has 1 heterocycles. The minimum atomic E-state index is -0.0273. The minimum absolute atomic E-state index is 0.0273. The summed E-state index contributed by atoms with van der Waals surface area (Å²) >= 11 is 10.2. The zero-order valence-corrected chi connectivity index (χ0v) is 15.7. The predicted octanol–water partition coefficient (Wildman–Crippen LogP) is 5.16. The summed E-state index contributed by atoms with van der Waals surface area (Å²) < 4.78 is 1.60. The monoisotopic (exact) mass is 403 g/mol. The number of aryl methyl sites for hydroxylation is 1. The number of thioether (sulfide) groups is 1. The molecule has 0 radical (unpaired) electrons. The molecule has 0 aromatic heterocycles. The van der Waals surface area contributed by atoms with Crippen molar-refractivity contribution in [1.82, 2.24) is 4.90 Å². The van der Waals surface area contributed by atoms with E-state index in [-0.39, 0.29) is 5.91 Å². The number of benzene rings is 2. The Morgan fingerprint density at radius 2 is 1.96 bits per heavy atom. The Balaban J connectivity index is 1.81. The average molecular weight is 404 g/mol. The van der Waals surface area contributed by atoms with Crippen LogP contribution < -0.4 is 0 Å². The number of nitrogens with zero attached hydrogens (tertiary/aromatic N) is 1. The normalized spacial score (nSPS) is 16.4. The molecule has 116 valence electrons. The fourth-order valence-electron chi connectivity index (χ4n) is 2.26. The number of hydrogen-bond donors (Lipinski definition) is 0. The fraction of sp³-hybridized carbons (Fsp3) is 0.111. The van der Waals surface area contributed by atoms with Crippen LogP contribution in [0, 0.1) is 6.92 Å². The van der Waals surface area contributed by atoms with Gasteiger partial charge in [-0.05, 0) is 36.3 Å². The van der Waals surface area contributed by atoms with Crippen molar-refractivity contribution in [3.05, 3.63) is 74.6 Å². The van der Waals surface area contributed by atoms with Crippen LogP contribution in [0.1, 0.15) is 16.7 Å². The van der Waals surface area contributed by atoms with Crippen molar-refractivity contribution in [3.63, 3.8) is 0 Å². The Bertz CT molecular complexity index is 799. The van der Waals surface area contributed by atoms with Crippen LogP contribution in [0.15, 0.2) is 57.9 Å². The van der Waals surface area contributed by atoms with E-state index in [1.54, 1.807) is 4.90 Å². The van der Waals surface area contributed by atoms with Crippen molar-refractivity contribution in [2.24, 2.45) is 0 Å². The Hall–Kier alpha value is -1.43. The van der Waals surface area contributed by atoms with E-state index in [9.17, 15) is 4.79 Å². The first kappa shape index (κ1) is 16.4. The van der Waals surface area contributed by atoms with E-state index < -0.39 is 0 Å². The van der Waals surface area contributed by atoms with E-state index in [1.165, 1.54) is 17.3 Å². The van der Waals surface area contributed by atoms with Crippen molar-refractivity contribution >= 4 is 56.2 Å². The van der Waals surface area contributed by atoms with Crippen LogP contribution in [0.4, 0.5) is 0 Å². The van der Waals surface area contributed by atoms with Gasteiger partial charge in [0, 0.05) is 4.47 Å². The van der Waals surface area contributed by atoms with Crippen LogP contribution in [-0.4, -0.2) is 15.1 Å². The second kappa shape index (κ2) is 6.99. The highest BCUT2D eigenvalue weighted by Gasteiger charge is 2.31. The van der Waals surface area contributed by atoms with Crippen LogP contribution in [0.5, 0.6) is 0 Å². The summed E-state index contributed by atoms with van der Waals surface area (Å²) in [5.41, 5.74) is 3.26. The molecule has 0 aliphatic carbocycles. The third-order valence-electron chi connectivity index (χ3n) is 3.48. The van der Waals surface area contributed by atoms with Crippen LogP contribution in [0.25, 0.3) is 6.08 Å². The maximum absolute atomic E-state index is 12.6. The molecular weight excluding hydrogens is 390 g/mol. The molecule has 3 rings (SSSR count). The van der Waals surface area contributed by atoms with E-state index in [0.29, 0.717) is 15.8 Å². The van der Waals surface area contributed by atoms with Gasteiger partial charge in [0.05, 0.1) is 11.4 Å². The first-order valence-electron chi connectivity index (χ1n) is 7.09. The highest BCUT2D eigenvalue weighted by atomic mass is 79.9. The van der Waals surface area contributed by atoms with Gasteiger partial charge in [0.15, 0.2) is 0 Å². The summed E-state index contributed by atoms with van der Waals surface area (Å²) in [5.74, 6) is -0.0273. The molecule has 1 amide bonds. The lowest BCUT2D eigenvalue weighted by molar-refractivity contribution is -0.122. The van der Waals surface area contributed by atoms with Crippen molar-refractivity contribution in [2.45, 2.75) is 13.5 Å². The summed E-state index contributed by atoms with van der Waals surface area (Å²) in [6.45, 7) is 2.56. The molecule has 0 bridgehead atoms. The maximum Gasteiger partial charge on any atom is 0.266 e. The van der Waals surface area contributed by atoms with Crippen LogP contribution >= 0.6 is 39.9 Å². The minimum Gasteiger partial charge on any atom is -0.288 e. The molecule has 1 aliphatic rings. The third-order valence-corrected chi connectivity index (χ3v) is 5.35. The summed E-state index contributed by atoms with van der Waals surface area (Å²) in [4.78, 5) is 14.9. The van der Waals surface area contributed by atoms with Gasteiger partial charge in [-0.15, -0.1) is 0 Å². The van der Waals surface area contributed by atoms with Crippen molar-refractivity contribution < 1.29 is 4.79 Å². The van der Waals surface area contributed by atoms with Gasteiger partial charge in [0.2, 0.25) is 0 Å². The molecule has 1 aliphatic heterocycles. The van der Waals surface area contributed by atoms with Gasteiger partial charge in [-0.3, -0.25) is 9.69 Å². The lowest BCUT2D eigenvalue weighted by Crippen LogP contribution is -2.27. The van der Waals surface area contributed by atoms with Crippen molar-refractivity contribution in [2.75, 3.05) is 0 Å². The Labute approximate surface area is 153 Å². The highest BCUT2D eigenvalue weighted by molar-refractivity contribution is 9.10. The lowest BCUT2D eigenvalue weighted by atomic mass is 10.1. The maximum atomic E-state index is 12.6. The Morgan fingerprint density at radius 1 is 1.22 bits per heavy atom. The number of carbonyl (C=O) groups is 1. The standard InChI is InChI=1S/C18H14BrNOS2/c1-12-5-7-13(8-6-12)11-20-17(21)16(23-18(20)22)10-14-3-2-4-15(19)9-14/h2-10H,11H2,1H3/b16-10-. The summed E-state index contributed by atoms with van der Waals surface area (Å²) in [6, 6.07) is 16.0. The lowest BCUT2D eigenvalue weighted by Gasteiger charge is -2.14. The van der Waals surface area contributed by atoms with Gasteiger partial charge in [-0.2, -0.15) is 0 Å². The fourth-order valence-corrected chi connectivity index (χ4v) is 3.93. The molecule has 0 unspecified atom stereocenters. The average Bonchev–Trinajstić information content (AvgIpc) is 2.77. The zero-order valence-electron chi connectivity index (χ0n) is 12.5. The molecule has 23 heavy (non-hydrogen) atoms. The molecule has 0 saturated carbocycles. The molecule has 1 fully saturated rings. The number of halogens is 1. The largest absolute Gasteiger partial charge is 0.288 e. The molecule has 0 atom stereocenters. The molecular formula is C18H14BrNOS2. The van der Waals surface area contributed by atoms with Gasteiger partial charge in [-0.1, -0.05) is 81.9 Å². The first-order valence-corrected chi connectivity index (χ1v) is 9.11. The van der Waals surface area contributed by atoms with Crippen LogP contribution in [0.3, 0.4) is 0 Å². The van der Waals surface area contributed by atoms with E-state index in [0.717, 1.165) is 15.6 Å². The number of amides is 1. The first-order chi connectivity index (χ1) is 11.0. The SMILES string of the molecule is Cc1ccc(CN2C(=O)/C(=C/c3cccc(Br)c3)SC2=S)cc1. The second-order valence-corrected chi connectivity index (χ2v) is 7.90. The van der Waals surface area contributed by atoms with Gasteiger partial charge in [0.25, 0.3) is 5.91 Å². The number of hydrogen-bond acceptors (Lipinski definition) is 3. The van der Waals surface area contributed by atoms with E-state index in [4.69, 9.17) is 12.2 Å². The summed E-state index contributed by atoms with van der Waals surface area (Å²) in [6.07, 6.45) is 1.89. The molecule has 1 saturated heterocycles. The van der Waals surface area contributed by atoms with E-state index in [1.807, 2.05) is 61.5 Å². The Kier molecular flexibility index (Phi) is 4.99. The topological polar surface area (TPSA) is 20.3 Å². The van der Waals surface area contributed by atoms with Gasteiger partial charge in [-0.25, -0.2) is 0 Å². The number of thiocarbonyl (C=S) groups is 1. The van der Waals surface area contributed by atoms with Crippen molar-refractivity contribution in [1.29, 1.82) is 0 Å². The van der Waals surface area contributed by atoms with E-state index >= 15 is 0 Å².